The van der Waals surface area contributed by atoms with Crippen molar-refractivity contribution in [1.29, 1.82) is 0 Å². The maximum atomic E-state index is 11.1. The van der Waals surface area contributed by atoms with Crippen LogP contribution < -0.4 is 5.63 Å². The molecule has 0 amide bonds. The number of fused-ring (bicyclic) bond motifs is 1. The molecule has 0 saturated carbocycles. The average molecular weight is 274 g/mol. The molecule has 2 aromatic rings. The SMILES string of the molecule is Cc1cc2ccc(O)cc2oc1=O.O=P(O)(O)O. The van der Waals surface area contributed by atoms with Crippen LogP contribution in [0.1, 0.15) is 5.56 Å². The summed E-state index contributed by atoms with van der Waals surface area (Å²) in [5.41, 5.74) is 0.617. The van der Waals surface area contributed by atoms with Crippen LogP contribution in [0.25, 0.3) is 11.0 Å². The summed E-state index contributed by atoms with van der Waals surface area (Å²) in [6.07, 6.45) is 0. The Hall–Kier alpha value is -1.66. The van der Waals surface area contributed by atoms with Crippen molar-refractivity contribution in [2.24, 2.45) is 0 Å². The minimum absolute atomic E-state index is 0.0968. The van der Waals surface area contributed by atoms with E-state index in [-0.39, 0.29) is 11.4 Å². The quantitative estimate of drug-likeness (QED) is 0.414. The van der Waals surface area contributed by atoms with Gasteiger partial charge in [-0.3, -0.25) is 0 Å². The highest BCUT2D eigenvalue weighted by molar-refractivity contribution is 7.45. The summed E-state index contributed by atoms with van der Waals surface area (Å²) in [6.45, 7) is 1.69. The topological polar surface area (TPSA) is 128 Å². The zero-order chi connectivity index (χ0) is 13.9. The van der Waals surface area contributed by atoms with Gasteiger partial charge in [0.1, 0.15) is 11.3 Å². The van der Waals surface area contributed by atoms with E-state index in [0.717, 1.165) is 5.39 Å². The molecule has 98 valence electrons. The molecule has 2 rings (SSSR count). The van der Waals surface area contributed by atoms with E-state index in [1.807, 2.05) is 0 Å². The first kappa shape index (κ1) is 14.4. The van der Waals surface area contributed by atoms with Gasteiger partial charge in [-0.2, -0.15) is 0 Å². The van der Waals surface area contributed by atoms with Crippen molar-refractivity contribution in [1.82, 2.24) is 0 Å². The number of aromatic hydroxyl groups is 1. The van der Waals surface area contributed by atoms with E-state index in [0.29, 0.717) is 11.1 Å². The lowest BCUT2D eigenvalue weighted by Gasteiger charge is -1.97. The molecule has 7 nitrogen and oxygen atoms in total. The van der Waals surface area contributed by atoms with Crippen LogP contribution >= 0.6 is 7.82 Å². The Kier molecular flexibility index (Phi) is 4.26. The second-order valence-corrected chi connectivity index (χ2v) is 4.48. The maximum Gasteiger partial charge on any atom is 0.466 e. The third kappa shape index (κ3) is 4.68. The van der Waals surface area contributed by atoms with Crippen LogP contribution in [0, 0.1) is 6.92 Å². The molecular weight excluding hydrogens is 263 g/mol. The van der Waals surface area contributed by atoms with E-state index < -0.39 is 7.82 Å². The minimum atomic E-state index is -4.64. The molecule has 0 bridgehead atoms. The molecule has 0 fully saturated rings. The van der Waals surface area contributed by atoms with Crippen LogP contribution in [0.15, 0.2) is 33.5 Å². The molecule has 8 heteroatoms. The zero-order valence-corrected chi connectivity index (χ0v) is 10.2. The van der Waals surface area contributed by atoms with E-state index >= 15 is 0 Å². The number of phenols is 1. The van der Waals surface area contributed by atoms with Gasteiger partial charge in [0.15, 0.2) is 0 Å². The van der Waals surface area contributed by atoms with Crippen LogP contribution in [-0.2, 0) is 4.57 Å². The zero-order valence-electron chi connectivity index (χ0n) is 9.27. The molecule has 0 spiro atoms. The van der Waals surface area contributed by atoms with Crippen molar-refractivity contribution < 1.29 is 28.8 Å². The third-order valence-electron chi connectivity index (χ3n) is 1.89. The van der Waals surface area contributed by atoms with Gasteiger partial charge in [0.2, 0.25) is 0 Å². The predicted molar refractivity (Wildman–Crippen MR) is 63.1 cm³/mol. The normalized spacial score (nSPS) is 10.9. The molecule has 0 unspecified atom stereocenters. The second-order valence-electron chi connectivity index (χ2n) is 3.45. The van der Waals surface area contributed by atoms with Crippen LogP contribution in [-0.4, -0.2) is 19.8 Å². The van der Waals surface area contributed by atoms with E-state index in [9.17, 15) is 4.79 Å². The Morgan fingerprint density at radius 3 is 2.28 bits per heavy atom. The van der Waals surface area contributed by atoms with E-state index in [4.69, 9.17) is 28.8 Å². The van der Waals surface area contributed by atoms with Crippen LogP contribution in [0.5, 0.6) is 5.75 Å². The van der Waals surface area contributed by atoms with E-state index in [1.54, 1.807) is 25.1 Å². The molecule has 0 saturated heterocycles. The molecule has 1 aromatic carbocycles. The fourth-order valence-electron chi connectivity index (χ4n) is 1.20. The Bertz CT molecular complexity index is 647. The Morgan fingerprint density at radius 1 is 1.17 bits per heavy atom. The van der Waals surface area contributed by atoms with Gasteiger partial charge >= 0.3 is 13.4 Å². The number of hydrogen-bond acceptors (Lipinski definition) is 4. The Balaban J connectivity index is 0.000000280. The number of phenolic OH excluding ortho intramolecular Hbond substituents is 1. The molecule has 4 N–H and O–H groups in total. The Morgan fingerprint density at radius 2 is 1.72 bits per heavy atom. The van der Waals surface area contributed by atoms with Gasteiger partial charge in [0.05, 0.1) is 0 Å². The predicted octanol–water partition coefficient (Wildman–Crippen LogP) is 0.878. The highest BCUT2D eigenvalue weighted by Crippen LogP contribution is 2.25. The molecule has 0 aliphatic rings. The Labute approximate surface area is 101 Å². The summed E-state index contributed by atoms with van der Waals surface area (Å²) in [5, 5.41) is 9.94. The van der Waals surface area contributed by atoms with Crippen LogP contribution in [0.3, 0.4) is 0 Å². The van der Waals surface area contributed by atoms with Crippen molar-refractivity contribution in [3.8, 4) is 5.75 Å². The first-order valence-electron chi connectivity index (χ1n) is 4.68. The number of hydrogen-bond donors (Lipinski definition) is 4. The van der Waals surface area contributed by atoms with Gasteiger partial charge < -0.3 is 24.2 Å². The standard InChI is InChI=1S/C10H8O3.H3O4P/c1-6-4-7-2-3-8(11)5-9(7)13-10(6)12;1-5(2,3)4/h2-5,11H,1H3;(H3,1,2,3,4). The van der Waals surface area contributed by atoms with Gasteiger partial charge in [-0.15, -0.1) is 0 Å². The summed E-state index contributed by atoms with van der Waals surface area (Å²) in [4.78, 5) is 32.7. The highest BCUT2D eigenvalue weighted by atomic mass is 31.2. The van der Waals surface area contributed by atoms with Gasteiger partial charge in [0.25, 0.3) is 0 Å². The summed E-state index contributed by atoms with van der Waals surface area (Å²) in [7, 11) is -4.64. The smallest absolute Gasteiger partial charge is 0.466 e. The maximum absolute atomic E-state index is 11.1. The fourth-order valence-corrected chi connectivity index (χ4v) is 1.20. The number of phosphoric acid groups is 1. The monoisotopic (exact) mass is 274 g/mol. The van der Waals surface area contributed by atoms with Crippen molar-refractivity contribution in [3.63, 3.8) is 0 Å². The minimum Gasteiger partial charge on any atom is -0.508 e. The molecule has 1 heterocycles. The van der Waals surface area contributed by atoms with E-state index in [1.165, 1.54) is 6.07 Å². The van der Waals surface area contributed by atoms with Crippen LogP contribution in [0.2, 0.25) is 0 Å². The molecule has 0 aliphatic heterocycles. The lowest BCUT2D eigenvalue weighted by Crippen LogP contribution is -2.01. The lowest BCUT2D eigenvalue weighted by atomic mass is 10.2. The first-order chi connectivity index (χ1) is 8.16. The largest absolute Gasteiger partial charge is 0.508 e. The lowest BCUT2D eigenvalue weighted by molar-refractivity contribution is 0.275. The summed E-state index contributed by atoms with van der Waals surface area (Å²) in [5.74, 6) is 0.0968. The molecule has 0 aliphatic carbocycles. The van der Waals surface area contributed by atoms with Crippen molar-refractivity contribution in [2.45, 2.75) is 6.92 Å². The molecule has 0 atom stereocenters. The van der Waals surface area contributed by atoms with Gasteiger partial charge in [-0.25, -0.2) is 9.36 Å². The molecular formula is C10H11O7P. The number of rotatable bonds is 0. The van der Waals surface area contributed by atoms with Crippen molar-refractivity contribution >= 4 is 18.8 Å². The van der Waals surface area contributed by atoms with Crippen molar-refractivity contribution in [2.75, 3.05) is 0 Å². The summed E-state index contributed by atoms with van der Waals surface area (Å²) in [6, 6.07) is 6.43. The molecule has 0 radical (unpaired) electrons. The number of benzene rings is 1. The van der Waals surface area contributed by atoms with Gasteiger partial charge in [-0.05, 0) is 25.1 Å². The van der Waals surface area contributed by atoms with Crippen LogP contribution in [0.4, 0.5) is 0 Å². The van der Waals surface area contributed by atoms with Gasteiger partial charge in [-0.1, -0.05) is 0 Å². The molecule has 18 heavy (non-hydrogen) atoms. The average Bonchev–Trinajstić information content (AvgIpc) is 2.18. The summed E-state index contributed by atoms with van der Waals surface area (Å²) >= 11 is 0. The fraction of sp³-hybridized carbons (Fsp3) is 0.100. The summed E-state index contributed by atoms with van der Waals surface area (Å²) < 4.78 is 13.8. The van der Waals surface area contributed by atoms with Gasteiger partial charge in [0, 0.05) is 17.0 Å². The van der Waals surface area contributed by atoms with Crippen molar-refractivity contribution in [3.05, 3.63) is 40.2 Å². The first-order valence-corrected chi connectivity index (χ1v) is 6.25. The highest BCUT2D eigenvalue weighted by Gasteiger charge is 2.01. The van der Waals surface area contributed by atoms with E-state index in [2.05, 4.69) is 0 Å². The number of aryl methyl sites for hydroxylation is 1. The second kappa shape index (κ2) is 5.32. The third-order valence-corrected chi connectivity index (χ3v) is 1.89. The molecule has 1 aromatic heterocycles.